The Labute approximate surface area is 318 Å². The molecule has 0 nitrogen and oxygen atoms in total. The van der Waals surface area contributed by atoms with Gasteiger partial charge in [0.2, 0.25) is 0 Å². The van der Waals surface area contributed by atoms with Gasteiger partial charge in [-0.25, -0.2) is 0 Å². The molecule has 0 aliphatic rings. The highest BCUT2D eigenvalue weighted by Gasteiger charge is 2.23. The molecule has 0 saturated carbocycles. The molecule has 0 atom stereocenters. The van der Waals surface area contributed by atoms with Gasteiger partial charge in [-0.05, 0) is 98.2 Å². The Hall–Kier alpha value is -3.64. The molecule has 0 N–H and O–H groups in total. The number of rotatable bonds is 0. The SMILES string of the molecule is CC(C)(C)c1ccc(C(C)(C)C)cc1.CC(C)(C)c1ccc2ccc3c(C(C)(C)C)ccc4ccc1c2c43.CC(C)(C)c1cccc(C(C)(C)C)c1. The first kappa shape index (κ1) is 41.1. The van der Waals surface area contributed by atoms with Gasteiger partial charge in [0.25, 0.3) is 0 Å². The predicted octanol–water partition coefficient (Wildman–Crippen LogP) is 15.7. The zero-order valence-electron chi connectivity index (χ0n) is 36.2. The summed E-state index contributed by atoms with van der Waals surface area (Å²) < 4.78 is 0. The fraction of sp³-hybridized carbons (Fsp3) is 0.462. The fourth-order valence-electron chi connectivity index (χ4n) is 7.03. The molecule has 0 aromatic heterocycles. The molecule has 0 bridgehead atoms. The van der Waals surface area contributed by atoms with E-state index in [4.69, 9.17) is 0 Å². The van der Waals surface area contributed by atoms with Gasteiger partial charge in [-0.1, -0.05) is 222 Å². The molecule has 0 heteroatoms. The van der Waals surface area contributed by atoms with Crippen molar-refractivity contribution < 1.29 is 0 Å². The van der Waals surface area contributed by atoms with Gasteiger partial charge in [0.05, 0.1) is 0 Å². The zero-order valence-corrected chi connectivity index (χ0v) is 36.2. The molecule has 278 valence electrons. The van der Waals surface area contributed by atoms with Crippen molar-refractivity contribution >= 4 is 32.3 Å². The molecule has 0 radical (unpaired) electrons. The van der Waals surface area contributed by atoms with Crippen LogP contribution in [0, 0.1) is 0 Å². The van der Waals surface area contributed by atoms with E-state index in [1.165, 1.54) is 65.7 Å². The van der Waals surface area contributed by atoms with E-state index in [1.807, 2.05) is 0 Å². The lowest BCUT2D eigenvalue weighted by Crippen LogP contribution is -2.15. The van der Waals surface area contributed by atoms with E-state index in [9.17, 15) is 0 Å². The monoisotopic (exact) mass is 695 g/mol. The summed E-state index contributed by atoms with van der Waals surface area (Å²) in [7, 11) is 0. The van der Waals surface area contributed by atoms with Gasteiger partial charge in [-0.3, -0.25) is 0 Å². The van der Waals surface area contributed by atoms with Gasteiger partial charge in [0.1, 0.15) is 0 Å². The zero-order chi connectivity index (χ0) is 39.2. The van der Waals surface area contributed by atoms with Crippen LogP contribution in [-0.2, 0) is 32.5 Å². The van der Waals surface area contributed by atoms with Crippen LogP contribution in [0.4, 0.5) is 0 Å². The van der Waals surface area contributed by atoms with E-state index in [1.54, 1.807) is 0 Å². The molecule has 52 heavy (non-hydrogen) atoms. The van der Waals surface area contributed by atoms with Gasteiger partial charge >= 0.3 is 0 Å². The lowest BCUT2D eigenvalue weighted by atomic mass is 9.78. The van der Waals surface area contributed by atoms with E-state index in [-0.39, 0.29) is 32.5 Å². The molecular weight excluding hydrogens is 625 g/mol. The molecule has 0 aliphatic heterocycles. The second-order valence-electron chi connectivity index (χ2n) is 21.3. The van der Waals surface area contributed by atoms with E-state index in [0.29, 0.717) is 0 Å². The van der Waals surface area contributed by atoms with Gasteiger partial charge < -0.3 is 0 Å². The Morgan fingerprint density at radius 3 is 0.827 bits per heavy atom. The highest BCUT2D eigenvalue weighted by Crippen LogP contribution is 2.42. The maximum Gasteiger partial charge on any atom is -0.00237 e. The number of hydrogen-bond acceptors (Lipinski definition) is 0. The van der Waals surface area contributed by atoms with Crippen molar-refractivity contribution in [1.82, 2.24) is 0 Å². The van der Waals surface area contributed by atoms with Crippen LogP contribution in [0.15, 0.2) is 97.1 Å². The van der Waals surface area contributed by atoms with Crippen molar-refractivity contribution in [2.75, 3.05) is 0 Å². The van der Waals surface area contributed by atoms with E-state index < -0.39 is 0 Å². The molecule has 0 aliphatic carbocycles. The van der Waals surface area contributed by atoms with Crippen LogP contribution in [0.3, 0.4) is 0 Å². The Kier molecular flexibility index (Phi) is 11.3. The Morgan fingerprint density at radius 1 is 0.269 bits per heavy atom. The molecule has 0 spiro atoms. The maximum atomic E-state index is 2.33. The molecule has 0 amide bonds. The van der Waals surface area contributed by atoms with E-state index >= 15 is 0 Å². The van der Waals surface area contributed by atoms with Gasteiger partial charge in [0, 0.05) is 0 Å². The van der Waals surface area contributed by atoms with E-state index in [0.717, 1.165) is 0 Å². The van der Waals surface area contributed by atoms with Crippen LogP contribution < -0.4 is 0 Å². The lowest BCUT2D eigenvalue weighted by Gasteiger charge is -2.25. The molecule has 6 aromatic rings. The summed E-state index contributed by atoms with van der Waals surface area (Å²) in [5.41, 5.74) is 9.85. The average Bonchev–Trinajstić information content (AvgIpc) is 3.01. The van der Waals surface area contributed by atoms with Crippen LogP contribution >= 0.6 is 0 Å². The van der Waals surface area contributed by atoms with Crippen LogP contribution in [0.25, 0.3) is 32.3 Å². The highest BCUT2D eigenvalue weighted by molar-refractivity contribution is 6.24. The van der Waals surface area contributed by atoms with Crippen LogP contribution in [0.5, 0.6) is 0 Å². The third-order valence-electron chi connectivity index (χ3n) is 10.5. The molecule has 0 fully saturated rings. The minimum atomic E-state index is 0.148. The number of benzene rings is 6. The third kappa shape index (κ3) is 9.47. The van der Waals surface area contributed by atoms with Crippen LogP contribution in [-0.4, -0.2) is 0 Å². The average molecular weight is 695 g/mol. The summed E-state index contributed by atoms with van der Waals surface area (Å²) >= 11 is 0. The Balaban J connectivity index is 0.000000187. The summed E-state index contributed by atoms with van der Waals surface area (Å²) in [4.78, 5) is 0. The second kappa shape index (κ2) is 14.3. The summed E-state index contributed by atoms with van der Waals surface area (Å²) in [5.74, 6) is 0. The Morgan fingerprint density at radius 2 is 0.558 bits per heavy atom. The topological polar surface area (TPSA) is 0 Å². The first-order valence-corrected chi connectivity index (χ1v) is 19.5. The van der Waals surface area contributed by atoms with E-state index in [2.05, 4.69) is 222 Å². The predicted molar refractivity (Wildman–Crippen MR) is 235 cm³/mol. The quantitative estimate of drug-likeness (QED) is 0.139. The minimum absolute atomic E-state index is 0.148. The van der Waals surface area contributed by atoms with Crippen molar-refractivity contribution in [3.63, 3.8) is 0 Å². The molecule has 0 saturated heterocycles. The molecule has 0 heterocycles. The van der Waals surface area contributed by atoms with Crippen LogP contribution in [0.2, 0.25) is 0 Å². The van der Waals surface area contributed by atoms with Gasteiger partial charge in [-0.15, -0.1) is 0 Å². The van der Waals surface area contributed by atoms with Crippen molar-refractivity contribution in [2.24, 2.45) is 0 Å². The summed E-state index contributed by atoms with van der Waals surface area (Å²) in [6, 6.07) is 36.4. The first-order valence-electron chi connectivity index (χ1n) is 19.5. The highest BCUT2D eigenvalue weighted by atomic mass is 14.3. The van der Waals surface area contributed by atoms with Gasteiger partial charge in [0.15, 0.2) is 0 Å². The van der Waals surface area contributed by atoms with Crippen molar-refractivity contribution in [1.29, 1.82) is 0 Å². The van der Waals surface area contributed by atoms with Crippen LogP contribution in [0.1, 0.15) is 158 Å². The fourth-order valence-corrected chi connectivity index (χ4v) is 7.03. The maximum absolute atomic E-state index is 2.33. The summed E-state index contributed by atoms with van der Waals surface area (Å²) in [5, 5.41) is 8.38. The standard InChI is InChI=1S/C24H26.2C14H22/c1-23(2,3)19-13-9-15-8-12-18-20(24(4,5)6)14-10-16-7-11-17(19)21(15)22(16)18;1-13(2,3)11-7-9-12(10-8-11)14(4,5)6;1-13(2,3)11-8-7-9-12(10-11)14(4,5)6/h7-14H,1-6H3;2*7-10H,1-6H3. The first-order chi connectivity index (χ1) is 23.6. The van der Waals surface area contributed by atoms with Gasteiger partial charge in [-0.2, -0.15) is 0 Å². The molecule has 6 aromatic carbocycles. The number of hydrogen-bond donors (Lipinski definition) is 0. The van der Waals surface area contributed by atoms with Crippen molar-refractivity contribution in [2.45, 2.75) is 157 Å². The largest absolute Gasteiger partial charge is 0.0617 e. The normalized spacial score (nSPS) is 13.2. The van der Waals surface area contributed by atoms with Crippen molar-refractivity contribution in [3.05, 3.63) is 130 Å². The molecule has 0 unspecified atom stereocenters. The second-order valence-corrected chi connectivity index (χ2v) is 21.3. The summed E-state index contributed by atoms with van der Waals surface area (Å²) in [6.45, 7) is 40.9. The summed E-state index contributed by atoms with van der Waals surface area (Å²) in [6.07, 6.45) is 0. The third-order valence-corrected chi connectivity index (χ3v) is 10.5. The minimum Gasteiger partial charge on any atom is -0.0617 e. The van der Waals surface area contributed by atoms with Crippen molar-refractivity contribution in [3.8, 4) is 0 Å². The molecule has 6 rings (SSSR count). The molecular formula is C52H70. The lowest BCUT2D eigenvalue weighted by molar-refractivity contribution is 0.568. The Bertz CT molecular complexity index is 1940. The smallest absolute Gasteiger partial charge is 0.00237 e.